The molecule has 1 amide bonds. The van der Waals surface area contributed by atoms with Gasteiger partial charge in [0.15, 0.2) is 5.82 Å². The summed E-state index contributed by atoms with van der Waals surface area (Å²) >= 11 is 0. The molecule has 126 valence electrons. The first-order valence-corrected chi connectivity index (χ1v) is 8.82. The second kappa shape index (κ2) is 5.92. The third-order valence-electron chi connectivity index (χ3n) is 3.02. The van der Waals surface area contributed by atoms with Crippen LogP contribution in [0.3, 0.4) is 0 Å². The number of rotatable bonds is 5. The number of carbonyl (C=O) groups excluding carboxylic acids is 1. The Balaban J connectivity index is 1.66. The zero-order valence-electron chi connectivity index (χ0n) is 12.9. The number of sulfonamides is 1. The Bertz CT molecular complexity index is 1010. The molecule has 0 aliphatic heterocycles. The highest BCUT2D eigenvalue weighted by Gasteiger charge is 2.10. The number of nitrogens with zero attached hydrogens (tertiary/aromatic N) is 4. The van der Waals surface area contributed by atoms with Gasteiger partial charge >= 0.3 is 0 Å². The number of aryl methyl sites for hydroxylation is 1. The molecule has 11 heteroatoms. The number of anilines is 2. The van der Waals surface area contributed by atoms with E-state index in [2.05, 4.69) is 30.3 Å². The number of aromatic nitrogens is 5. The summed E-state index contributed by atoms with van der Waals surface area (Å²) in [6, 6.07) is 5.34. The maximum absolute atomic E-state index is 12.1. The van der Waals surface area contributed by atoms with Crippen LogP contribution in [0.4, 0.5) is 11.5 Å². The van der Waals surface area contributed by atoms with Crippen LogP contribution >= 0.6 is 0 Å². The van der Waals surface area contributed by atoms with Crippen LogP contribution in [0.15, 0.2) is 24.4 Å². The smallest absolute Gasteiger partial charge is 0.246 e. The van der Waals surface area contributed by atoms with Gasteiger partial charge in [0.25, 0.3) is 0 Å². The van der Waals surface area contributed by atoms with E-state index >= 15 is 0 Å². The Morgan fingerprint density at radius 3 is 2.92 bits per heavy atom. The molecule has 2 heterocycles. The van der Waals surface area contributed by atoms with Gasteiger partial charge in [0, 0.05) is 5.69 Å². The molecule has 0 fully saturated rings. The third-order valence-corrected chi connectivity index (χ3v) is 3.60. The van der Waals surface area contributed by atoms with Gasteiger partial charge in [-0.1, -0.05) is 5.21 Å². The Morgan fingerprint density at radius 1 is 1.38 bits per heavy atom. The Hall–Kier alpha value is -2.95. The summed E-state index contributed by atoms with van der Waals surface area (Å²) in [6.07, 6.45) is 2.34. The molecule has 0 saturated carbocycles. The van der Waals surface area contributed by atoms with Gasteiger partial charge in [0.2, 0.25) is 15.9 Å². The van der Waals surface area contributed by atoms with Crippen LogP contribution in [-0.2, 0) is 21.4 Å². The topological polar surface area (TPSA) is 135 Å². The predicted molar refractivity (Wildman–Crippen MR) is 87.9 cm³/mol. The van der Waals surface area contributed by atoms with E-state index in [0.717, 1.165) is 23.1 Å². The Morgan fingerprint density at radius 2 is 2.17 bits per heavy atom. The quantitative estimate of drug-likeness (QED) is 0.613. The summed E-state index contributed by atoms with van der Waals surface area (Å²) in [5.74, 6) is 0.531. The lowest BCUT2D eigenvalue weighted by molar-refractivity contribution is -0.116. The van der Waals surface area contributed by atoms with Crippen LogP contribution in [0.25, 0.3) is 11.0 Å². The lowest BCUT2D eigenvalue weighted by Crippen LogP contribution is -2.19. The monoisotopic (exact) mass is 349 g/mol. The Kier molecular flexibility index (Phi) is 3.93. The van der Waals surface area contributed by atoms with Gasteiger partial charge in [-0.25, -0.2) is 18.1 Å². The molecule has 10 nitrogen and oxygen atoms in total. The molecule has 0 aliphatic rings. The predicted octanol–water partition coefficient (Wildman–Crippen LogP) is 0.473. The number of hydrogen-bond donors (Lipinski definition) is 3. The normalized spacial score (nSPS) is 11.6. The van der Waals surface area contributed by atoms with Crippen molar-refractivity contribution >= 4 is 38.5 Å². The van der Waals surface area contributed by atoms with Crippen LogP contribution in [0.1, 0.15) is 5.82 Å². The maximum Gasteiger partial charge on any atom is 0.246 e. The van der Waals surface area contributed by atoms with Gasteiger partial charge in [-0.2, -0.15) is 0 Å². The van der Waals surface area contributed by atoms with Crippen LogP contribution in [0.5, 0.6) is 0 Å². The molecular weight excluding hydrogens is 334 g/mol. The number of nitrogens with one attached hydrogen (secondary N) is 3. The van der Waals surface area contributed by atoms with E-state index in [1.165, 1.54) is 10.9 Å². The average Bonchev–Trinajstić information content (AvgIpc) is 3.01. The largest absolute Gasteiger partial charge is 0.342 e. The first-order valence-electron chi connectivity index (χ1n) is 6.93. The van der Waals surface area contributed by atoms with Crippen LogP contribution < -0.4 is 10.0 Å². The molecule has 0 bridgehead atoms. The molecule has 0 aliphatic carbocycles. The number of fused-ring (bicyclic) bond motifs is 1. The summed E-state index contributed by atoms with van der Waals surface area (Å²) in [5.41, 5.74) is 2.26. The second-order valence-electron chi connectivity index (χ2n) is 5.28. The van der Waals surface area contributed by atoms with Crippen LogP contribution in [0.2, 0.25) is 0 Å². The summed E-state index contributed by atoms with van der Waals surface area (Å²) in [6.45, 7) is 1.75. The molecule has 3 rings (SSSR count). The summed E-state index contributed by atoms with van der Waals surface area (Å²) in [7, 11) is -3.44. The lowest BCUT2D eigenvalue weighted by atomic mass is 10.3. The van der Waals surface area contributed by atoms with Gasteiger partial charge in [-0.05, 0) is 25.1 Å². The van der Waals surface area contributed by atoms with E-state index in [1.54, 1.807) is 18.2 Å². The number of hydrogen-bond acceptors (Lipinski definition) is 6. The minimum absolute atomic E-state index is 0.0552. The summed E-state index contributed by atoms with van der Waals surface area (Å²) in [4.78, 5) is 19.4. The average molecular weight is 349 g/mol. The van der Waals surface area contributed by atoms with Crippen molar-refractivity contribution in [3.8, 4) is 0 Å². The summed E-state index contributed by atoms with van der Waals surface area (Å²) in [5, 5.41) is 10.1. The van der Waals surface area contributed by atoms with Crippen molar-refractivity contribution < 1.29 is 13.2 Å². The van der Waals surface area contributed by atoms with Crippen LogP contribution in [-0.4, -0.2) is 45.5 Å². The van der Waals surface area contributed by atoms with Gasteiger partial charge in [0.05, 0.1) is 23.5 Å². The molecule has 0 radical (unpaired) electrons. The third kappa shape index (κ3) is 3.87. The number of carbonyl (C=O) groups is 1. The molecule has 3 N–H and O–H groups in total. The van der Waals surface area contributed by atoms with E-state index in [9.17, 15) is 13.2 Å². The van der Waals surface area contributed by atoms with E-state index in [0.29, 0.717) is 5.69 Å². The molecule has 2 aromatic heterocycles. The van der Waals surface area contributed by atoms with Crippen LogP contribution in [0, 0.1) is 6.92 Å². The highest BCUT2D eigenvalue weighted by molar-refractivity contribution is 7.92. The standard InChI is InChI=1S/C13H15N7O3S/c1-8-14-10-4-3-9(5-11(10)15-8)16-13(21)7-20-6-12(17-19-20)18-24(2,22)23/h3-6,18H,7H2,1-2H3,(H,14,15)(H,16,21). The highest BCUT2D eigenvalue weighted by Crippen LogP contribution is 2.17. The highest BCUT2D eigenvalue weighted by atomic mass is 32.2. The maximum atomic E-state index is 12.1. The van der Waals surface area contributed by atoms with Gasteiger partial charge in [-0.3, -0.25) is 9.52 Å². The number of imidazole rings is 1. The zero-order chi connectivity index (χ0) is 17.3. The molecule has 0 unspecified atom stereocenters. The van der Waals surface area contributed by atoms with Crippen molar-refractivity contribution in [2.75, 3.05) is 16.3 Å². The first-order chi connectivity index (χ1) is 11.3. The minimum atomic E-state index is -3.44. The fourth-order valence-corrected chi connectivity index (χ4v) is 2.65. The number of H-pyrrole nitrogens is 1. The number of amides is 1. The number of benzene rings is 1. The minimum Gasteiger partial charge on any atom is -0.342 e. The molecule has 3 aromatic rings. The molecule has 0 atom stereocenters. The van der Waals surface area contributed by atoms with Gasteiger partial charge in [0.1, 0.15) is 12.4 Å². The fourth-order valence-electron chi connectivity index (χ4n) is 2.17. The molecule has 0 spiro atoms. The zero-order valence-corrected chi connectivity index (χ0v) is 13.8. The lowest BCUT2D eigenvalue weighted by Gasteiger charge is -2.04. The van der Waals surface area contributed by atoms with Crippen molar-refractivity contribution in [1.29, 1.82) is 0 Å². The van der Waals surface area contributed by atoms with E-state index in [4.69, 9.17) is 0 Å². The first kappa shape index (κ1) is 15.9. The molecule has 0 saturated heterocycles. The second-order valence-corrected chi connectivity index (χ2v) is 7.03. The van der Waals surface area contributed by atoms with Crippen molar-refractivity contribution in [3.05, 3.63) is 30.2 Å². The molecule has 1 aromatic carbocycles. The fraction of sp³-hybridized carbons (Fsp3) is 0.231. The van der Waals surface area contributed by atoms with E-state index in [1.807, 2.05) is 6.92 Å². The molecule has 24 heavy (non-hydrogen) atoms. The van der Waals surface area contributed by atoms with E-state index < -0.39 is 10.0 Å². The van der Waals surface area contributed by atoms with Crippen molar-refractivity contribution in [2.24, 2.45) is 0 Å². The van der Waals surface area contributed by atoms with E-state index in [-0.39, 0.29) is 18.3 Å². The van der Waals surface area contributed by atoms with Gasteiger partial charge < -0.3 is 10.3 Å². The van der Waals surface area contributed by atoms with Gasteiger partial charge in [-0.15, -0.1) is 5.10 Å². The van der Waals surface area contributed by atoms with Crippen molar-refractivity contribution in [2.45, 2.75) is 13.5 Å². The van der Waals surface area contributed by atoms with Crippen molar-refractivity contribution in [3.63, 3.8) is 0 Å². The molecular formula is C13H15N7O3S. The number of aromatic amines is 1. The summed E-state index contributed by atoms with van der Waals surface area (Å²) < 4.78 is 25.6. The Labute approximate surface area is 137 Å². The SMILES string of the molecule is Cc1nc2ccc(NC(=O)Cn3cc(NS(C)(=O)=O)nn3)cc2[nH]1. The van der Waals surface area contributed by atoms with Crippen molar-refractivity contribution in [1.82, 2.24) is 25.0 Å².